The lowest BCUT2D eigenvalue weighted by Crippen LogP contribution is -2.41. The molecule has 1 aliphatic heterocycles. The molecule has 1 N–H and O–H groups in total. The number of guanidine groups is 1. The molecule has 0 bridgehead atoms. The van der Waals surface area contributed by atoms with E-state index in [4.69, 9.17) is 0 Å². The molecule has 116 valence electrons. The zero-order valence-electron chi connectivity index (χ0n) is 12.7. The summed E-state index contributed by atoms with van der Waals surface area (Å²) in [6.45, 7) is 2.85. The lowest BCUT2D eigenvalue weighted by Gasteiger charge is -2.25. The van der Waals surface area contributed by atoms with Gasteiger partial charge in [-0.2, -0.15) is 0 Å². The first kappa shape index (κ1) is 15.6. The average Bonchev–Trinajstić information content (AvgIpc) is 2.99. The van der Waals surface area contributed by atoms with Crippen LogP contribution in [0.25, 0.3) is 0 Å². The van der Waals surface area contributed by atoms with Crippen LogP contribution in [0.3, 0.4) is 0 Å². The predicted octanol–water partition coefficient (Wildman–Crippen LogP) is 1.26. The van der Waals surface area contributed by atoms with Crippen LogP contribution >= 0.6 is 0 Å². The van der Waals surface area contributed by atoms with Gasteiger partial charge in [-0.1, -0.05) is 12.8 Å². The molecule has 6 heteroatoms. The zero-order chi connectivity index (χ0) is 14.6. The molecule has 2 rings (SSSR count). The number of hydrogen-bond acceptors (Lipinski definition) is 3. The van der Waals surface area contributed by atoms with Crippen LogP contribution in [0.2, 0.25) is 0 Å². The molecule has 2 fully saturated rings. The zero-order valence-corrected chi connectivity index (χ0v) is 13.5. The van der Waals surface area contributed by atoms with E-state index in [1.165, 1.54) is 38.4 Å². The third-order valence-corrected chi connectivity index (χ3v) is 5.62. The molecular weight excluding hydrogens is 274 g/mol. The van der Waals surface area contributed by atoms with Crippen molar-refractivity contribution < 1.29 is 8.42 Å². The Hall–Kier alpha value is -0.780. The summed E-state index contributed by atoms with van der Waals surface area (Å²) in [5.41, 5.74) is 0.532. The van der Waals surface area contributed by atoms with Crippen molar-refractivity contribution in [1.82, 2.24) is 10.2 Å². The van der Waals surface area contributed by atoms with E-state index in [0.717, 1.165) is 19.0 Å². The number of likely N-dealkylation sites (tertiary alicyclic amines) is 1. The number of rotatable bonds is 4. The Balaban J connectivity index is 1.78. The van der Waals surface area contributed by atoms with E-state index in [0.29, 0.717) is 18.4 Å². The lowest BCUT2D eigenvalue weighted by atomic mass is 9.86. The fourth-order valence-electron chi connectivity index (χ4n) is 3.52. The Labute approximate surface area is 122 Å². The highest BCUT2D eigenvalue weighted by Gasteiger charge is 2.40. The molecule has 5 nitrogen and oxygen atoms in total. The molecule has 2 aliphatic rings. The third kappa shape index (κ3) is 4.11. The first-order valence-corrected chi connectivity index (χ1v) is 9.64. The van der Waals surface area contributed by atoms with E-state index in [1.807, 2.05) is 0 Å². The molecule has 0 atom stereocenters. The quantitative estimate of drug-likeness (QED) is 0.482. The van der Waals surface area contributed by atoms with Gasteiger partial charge in [-0.15, -0.1) is 0 Å². The number of hydrogen-bond donors (Lipinski definition) is 1. The van der Waals surface area contributed by atoms with Crippen LogP contribution in [0, 0.1) is 5.41 Å². The Kier molecular flexibility index (Phi) is 4.94. The van der Waals surface area contributed by atoms with Gasteiger partial charge in [-0.05, 0) is 31.1 Å². The molecule has 1 saturated heterocycles. The summed E-state index contributed by atoms with van der Waals surface area (Å²) in [5, 5.41) is 3.30. The van der Waals surface area contributed by atoms with Gasteiger partial charge in [0.1, 0.15) is 9.84 Å². The first-order valence-electron chi connectivity index (χ1n) is 7.57. The van der Waals surface area contributed by atoms with E-state index in [1.54, 1.807) is 7.05 Å². The van der Waals surface area contributed by atoms with Gasteiger partial charge < -0.3 is 10.2 Å². The minimum Gasteiger partial charge on any atom is -0.356 e. The highest BCUT2D eigenvalue weighted by molar-refractivity contribution is 7.90. The number of aliphatic imine (C=N–C) groups is 1. The van der Waals surface area contributed by atoms with E-state index in [-0.39, 0.29) is 5.75 Å². The summed E-state index contributed by atoms with van der Waals surface area (Å²) in [7, 11) is -1.06. The second kappa shape index (κ2) is 6.33. The molecule has 0 radical (unpaired) electrons. The van der Waals surface area contributed by atoms with Crippen molar-refractivity contribution in [3.05, 3.63) is 0 Å². The average molecular weight is 301 g/mol. The first-order chi connectivity index (χ1) is 9.44. The normalized spacial score (nSPS) is 22.7. The molecule has 1 saturated carbocycles. The highest BCUT2D eigenvalue weighted by Crippen LogP contribution is 2.45. The molecular formula is C14H27N3O2S. The van der Waals surface area contributed by atoms with Crippen LogP contribution < -0.4 is 5.32 Å². The van der Waals surface area contributed by atoms with Crippen LogP contribution in [0.1, 0.15) is 38.5 Å². The Bertz CT molecular complexity index is 453. The van der Waals surface area contributed by atoms with Crippen molar-refractivity contribution in [2.75, 3.05) is 38.7 Å². The van der Waals surface area contributed by atoms with Crippen LogP contribution in [-0.4, -0.2) is 58.0 Å². The summed E-state index contributed by atoms with van der Waals surface area (Å²) >= 11 is 0. The Morgan fingerprint density at radius 2 is 2.00 bits per heavy atom. The van der Waals surface area contributed by atoms with Gasteiger partial charge in [0.2, 0.25) is 0 Å². The molecule has 1 spiro atoms. The molecule has 1 aliphatic carbocycles. The summed E-state index contributed by atoms with van der Waals surface area (Å²) in [6, 6.07) is 0. The van der Waals surface area contributed by atoms with Crippen molar-refractivity contribution in [3.8, 4) is 0 Å². The SMILES string of the molecule is CN=C(NCCCS(C)(=O)=O)N1CCC2(CCCC2)C1. The van der Waals surface area contributed by atoms with Crippen molar-refractivity contribution in [2.24, 2.45) is 10.4 Å². The van der Waals surface area contributed by atoms with Gasteiger partial charge in [0.15, 0.2) is 5.96 Å². The minimum absolute atomic E-state index is 0.237. The van der Waals surface area contributed by atoms with Gasteiger partial charge in [-0.3, -0.25) is 4.99 Å². The molecule has 0 aromatic carbocycles. The molecule has 0 aromatic rings. The number of sulfone groups is 1. The van der Waals surface area contributed by atoms with Crippen LogP contribution in [0.4, 0.5) is 0 Å². The summed E-state index contributed by atoms with van der Waals surface area (Å²) < 4.78 is 22.2. The largest absolute Gasteiger partial charge is 0.356 e. The number of nitrogens with zero attached hydrogens (tertiary/aromatic N) is 2. The van der Waals surface area contributed by atoms with Crippen LogP contribution in [-0.2, 0) is 9.84 Å². The number of nitrogens with one attached hydrogen (secondary N) is 1. The third-order valence-electron chi connectivity index (χ3n) is 4.59. The molecule has 1 heterocycles. The highest BCUT2D eigenvalue weighted by atomic mass is 32.2. The molecule has 0 unspecified atom stereocenters. The van der Waals surface area contributed by atoms with E-state index < -0.39 is 9.84 Å². The standard InChI is InChI=1S/C14H27N3O2S/c1-15-13(16-9-5-11-20(2,18)19)17-10-8-14(12-17)6-3-4-7-14/h3-12H2,1-2H3,(H,15,16). The van der Waals surface area contributed by atoms with Gasteiger partial charge >= 0.3 is 0 Å². The summed E-state index contributed by atoms with van der Waals surface area (Å²) in [5.74, 6) is 1.17. The maximum absolute atomic E-state index is 11.1. The summed E-state index contributed by atoms with van der Waals surface area (Å²) in [6.07, 6.45) is 8.64. The van der Waals surface area contributed by atoms with Crippen molar-refractivity contribution in [1.29, 1.82) is 0 Å². The fraction of sp³-hybridized carbons (Fsp3) is 0.929. The molecule has 0 amide bonds. The smallest absolute Gasteiger partial charge is 0.193 e. The second-order valence-corrected chi connectivity index (χ2v) is 8.60. The van der Waals surface area contributed by atoms with Gasteiger partial charge in [0, 0.05) is 32.9 Å². The molecule has 20 heavy (non-hydrogen) atoms. The van der Waals surface area contributed by atoms with E-state index in [2.05, 4.69) is 15.2 Å². The van der Waals surface area contributed by atoms with Gasteiger partial charge in [-0.25, -0.2) is 8.42 Å². The van der Waals surface area contributed by atoms with E-state index >= 15 is 0 Å². The fourth-order valence-corrected chi connectivity index (χ4v) is 4.18. The van der Waals surface area contributed by atoms with Gasteiger partial charge in [0.25, 0.3) is 0 Å². The maximum atomic E-state index is 11.1. The Morgan fingerprint density at radius 3 is 2.60 bits per heavy atom. The Morgan fingerprint density at radius 1 is 1.30 bits per heavy atom. The maximum Gasteiger partial charge on any atom is 0.193 e. The van der Waals surface area contributed by atoms with Crippen molar-refractivity contribution in [3.63, 3.8) is 0 Å². The van der Waals surface area contributed by atoms with E-state index in [9.17, 15) is 8.42 Å². The predicted molar refractivity (Wildman–Crippen MR) is 82.8 cm³/mol. The molecule has 0 aromatic heterocycles. The van der Waals surface area contributed by atoms with Gasteiger partial charge in [0.05, 0.1) is 5.75 Å². The van der Waals surface area contributed by atoms with Crippen LogP contribution in [0.5, 0.6) is 0 Å². The van der Waals surface area contributed by atoms with Crippen LogP contribution in [0.15, 0.2) is 4.99 Å². The monoisotopic (exact) mass is 301 g/mol. The summed E-state index contributed by atoms with van der Waals surface area (Å²) in [4.78, 5) is 6.68. The van der Waals surface area contributed by atoms with Crippen molar-refractivity contribution >= 4 is 15.8 Å². The lowest BCUT2D eigenvalue weighted by molar-refractivity contribution is 0.309. The second-order valence-electron chi connectivity index (χ2n) is 6.34. The minimum atomic E-state index is -2.86. The van der Waals surface area contributed by atoms with Crippen molar-refractivity contribution in [2.45, 2.75) is 38.5 Å². The topological polar surface area (TPSA) is 61.8 Å².